The van der Waals surface area contributed by atoms with Crippen LogP contribution in [-0.2, 0) is 0 Å². The van der Waals surface area contributed by atoms with E-state index in [4.69, 9.17) is 5.73 Å². The fraction of sp³-hybridized carbons (Fsp3) is 0.222. The highest BCUT2D eigenvalue weighted by atomic mass is 15.1. The van der Waals surface area contributed by atoms with Gasteiger partial charge in [0.25, 0.3) is 0 Å². The number of rotatable bonds is 0. The molecule has 0 aromatic carbocycles. The maximum Gasteiger partial charge on any atom is 0.152 e. The van der Waals surface area contributed by atoms with E-state index >= 15 is 0 Å². The maximum atomic E-state index is 7.64. The van der Waals surface area contributed by atoms with Crippen LogP contribution in [0.4, 0.5) is 5.82 Å². The topological polar surface area (TPSA) is 41.1 Å². The van der Waals surface area contributed by atoms with Crippen LogP contribution in [0.1, 0.15) is 11.3 Å². The van der Waals surface area contributed by atoms with Crippen molar-refractivity contribution in [2.24, 2.45) is 0 Å². The molecule has 12 heavy (non-hydrogen) atoms. The zero-order valence-corrected chi connectivity index (χ0v) is 7.13. The molecule has 1 radical (unpaired) electrons. The summed E-state index contributed by atoms with van der Waals surface area (Å²) in [5, 5.41) is 0. The second kappa shape index (κ2) is 2.24. The lowest BCUT2D eigenvalue weighted by Gasteiger charge is -1.95. The number of fused-ring (bicyclic) bond motifs is 1. The average Bonchev–Trinajstić information content (AvgIpc) is 2.28. The van der Waals surface area contributed by atoms with Crippen LogP contribution in [-0.4, -0.2) is 9.38 Å². The Balaban J connectivity index is 2.87. The van der Waals surface area contributed by atoms with Crippen LogP contribution in [0.3, 0.4) is 0 Å². The van der Waals surface area contributed by atoms with Crippen molar-refractivity contribution in [2.45, 2.75) is 13.8 Å². The van der Waals surface area contributed by atoms with E-state index in [2.05, 4.69) is 4.98 Å². The van der Waals surface area contributed by atoms with Crippen molar-refractivity contribution in [2.75, 3.05) is 0 Å². The van der Waals surface area contributed by atoms with Crippen molar-refractivity contribution in [1.82, 2.24) is 15.1 Å². The van der Waals surface area contributed by atoms with Gasteiger partial charge in [-0.25, -0.2) is 4.98 Å². The molecule has 2 heterocycles. The van der Waals surface area contributed by atoms with E-state index in [-0.39, 0.29) is 0 Å². The highest BCUT2D eigenvalue weighted by Gasteiger charge is 2.03. The summed E-state index contributed by atoms with van der Waals surface area (Å²) in [5.41, 5.74) is 10.4. The van der Waals surface area contributed by atoms with Gasteiger partial charge in [-0.1, -0.05) is 0 Å². The Morgan fingerprint density at radius 2 is 2.17 bits per heavy atom. The van der Waals surface area contributed by atoms with Crippen molar-refractivity contribution >= 4 is 11.5 Å². The van der Waals surface area contributed by atoms with Crippen LogP contribution in [0.15, 0.2) is 18.3 Å². The van der Waals surface area contributed by atoms with Gasteiger partial charge in [0.2, 0.25) is 0 Å². The molecule has 0 saturated heterocycles. The van der Waals surface area contributed by atoms with Crippen LogP contribution < -0.4 is 5.73 Å². The largest absolute Gasteiger partial charge is 0.285 e. The van der Waals surface area contributed by atoms with Crippen molar-refractivity contribution in [3.63, 3.8) is 0 Å². The van der Waals surface area contributed by atoms with Gasteiger partial charge in [-0.3, -0.25) is 10.1 Å². The first-order valence-electron chi connectivity index (χ1n) is 3.85. The van der Waals surface area contributed by atoms with E-state index < -0.39 is 0 Å². The summed E-state index contributed by atoms with van der Waals surface area (Å²) in [6.07, 6.45) is 1.88. The van der Waals surface area contributed by atoms with Gasteiger partial charge in [0.05, 0.1) is 5.69 Å². The van der Waals surface area contributed by atoms with Crippen molar-refractivity contribution < 1.29 is 0 Å². The Bertz CT molecular complexity index is 429. The maximum absolute atomic E-state index is 7.64. The predicted molar refractivity (Wildman–Crippen MR) is 47.4 cm³/mol. The molecule has 0 unspecified atom stereocenters. The van der Waals surface area contributed by atoms with E-state index in [1.165, 1.54) is 5.56 Å². The molecular formula is C9H10N3. The summed E-state index contributed by atoms with van der Waals surface area (Å²) < 4.78 is 1.78. The molecule has 0 saturated carbocycles. The van der Waals surface area contributed by atoms with Gasteiger partial charge in [-0.2, -0.15) is 0 Å². The molecule has 0 aliphatic carbocycles. The Hall–Kier alpha value is -1.51. The van der Waals surface area contributed by atoms with Gasteiger partial charge >= 0.3 is 0 Å². The molecule has 3 nitrogen and oxygen atoms in total. The third-order valence-electron chi connectivity index (χ3n) is 1.96. The molecule has 0 aliphatic heterocycles. The zero-order valence-electron chi connectivity index (χ0n) is 7.13. The molecule has 0 bridgehead atoms. The number of aromatic nitrogens is 2. The lowest BCUT2D eigenvalue weighted by Crippen LogP contribution is -1.85. The quantitative estimate of drug-likeness (QED) is 0.580. The lowest BCUT2D eigenvalue weighted by molar-refractivity contribution is 1.14. The minimum Gasteiger partial charge on any atom is -0.285 e. The molecule has 0 spiro atoms. The summed E-state index contributed by atoms with van der Waals surface area (Å²) in [5.74, 6) is 0.477. The SMILES string of the molecule is Cc1ccn2c([NH])c(C)nc2c1. The molecule has 2 rings (SSSR count). The summed E-state index contributed by atoms with van der Waals surface area (Å²) >= 11 is 0. The smallest absolute Gasteiger partial charge is 0.152 e. The number of imidazole rings is 1. The summed E-state index contributed by atoms with van der Waals surface area (Å²) in [7, 11) is 0. The van der Waals surface area contributed by atoms with Crippen molar-refractivity contribution in [3.05, 3.63) is 29.6 Å². The Labute approximate surface area is 70.8 Å². The first kappa shape index (κ1) is 7.16. The van der Waals surface area contributed by atoms with Gasteiger partial charge < -0.3 is 0 Å². The highest BCUT2D eigenvalue weighted by molar-refractivity contribution is 5.51. The Morgan fingerprint density at radius 1 is 1.42 bits per heavy atom. The third kappa shape index (κ3) is 0.863. The molecule has 0 fully saturated rings. The average molecular weight is 160 g/mol. The third-order valence-corrected chi connectivity index (χ3v) is 1.96. The molecule has 61 valence electrons. The molecule has 0 amide bonds. The second-order valence-corrected chi connectivity index (χ2v) is 2.98. The fourth-order valence-electron chi connectivity index (χ4n) is 1.26. The normalized spacial score (nSPS) is 10.8. The molecule has 0 aliphatic rings. The monoisotopic (exact) mass is 160 g/mol. The summed E-state index contributed by atoms with van der Waals surface area (Å²) in [6, 6.07) is 3.96. The van der Waals surface area contributed by atoms with E-state index in [1.54, 1.807) is 4.40 Å². The first-order valence-corrected chi connectivity index (χ1v) is 3.85. The Kier molecular flexibility index (Phi) is 1.33. The van der Waals surface area contributed by atoms with E-state index in [0.717, 1.165) is 11.3 Å². The van der Waals surface area contributed by atoms with Crippen molar-refractivity contribution in [3.8, 4) is 0 Å². The van der Waals surface area contributed by atoms with E-state index in [1.807, 2.05) is 32.2 Å². The van der Waals surface area contributed by atoms with Crippen molar-refractivity contribution in [1.29, 1.82) is 0 Å². The number of hydrogen-bond acceptors (Lipinski definition) is 1. The van der Waals surface area contributed by atoms with Crippen LogP contribution in [0.25, 0.3) is 5.65 Å². The zero-order chi connectivity index (χ0) is 8.72. The van der Waals surface area contributed by atoms with Crippen LogP contribution in [0.5, 0.6) is 0 Å². The molecule has 1 N–H and O–H groups in total. The summed E-state index contributed by atoms with van der Waals surface area (Å²) in [6.45, 7) is 3.87. The summed E-state index contributed by atoms with van der Waals surface area (Å²) in [4.78, 5) is 4.25. The second-order valence-electron chi connectivity index (χ2n) is 2.98. The number of aryl methyl sites for hydroxylation is 2. The first-order chi connectivity index (χ1) is 5.68. The van der Waals surface area contributed by atoms with Crippen LogP contribution >= 0.6 is 0 Å². The molecule has 2 aromatic rings. The van der Waals surface area contributed by atoms with Gasteiger partial charge in [0, 0.05) is 6.20 Å². The molecule has 2 aromatic heterocycles. The Morgan fingerprint density at radius 3 is 2.92 bits per heavy atom. The standard InChI is InChI=1S/C9H10N3/c1-6-3-4-12-8(5-6)11-7(2)9(12)10/h3-5,10H,1-2H3. The van der Waals surface area contributed by atoms with Gasteiger partial charge in [0.15, 0.2) is 5.82 Å². The molecular weight excluding hydrogens is 150 g/mol. The van der Waals surface area contributed by atoms with Crippen LogP contribution in [0.2, 0.25) is 0 Å². The fourth-order valence-corrected chi connectivity index (χ4v) is 1.26. The van der Waals surface area contributed by atoms with Gasteiger partial charge in [0.1, 0.15) is 5.65 Å². The predicted octanol–water partition coefficient (Wildman–Crippen LogP) is 1.87. The molecule has 3 heteroatoms. The number of nitrogens with zero attached hydrogens (tertiary/aromatic N) is 2. The number of pyridine rings is 1. The highest BCUT2D eigenvalue weighted by Crippen LogP contribution is 2.15. The van der Waals surface area contributed by atoms with Crippen LogP contribution in [0, 0.1) is 13.8 Å². The van der Waals surface area contributed by atoms with Gasteiger partial charge in [-0.15, -0.1) is 0 Å². The minimum absolute atomic E-state index is 0.477. The number of hydrogen-bond donors (Lipinski definition) is 0. The van der Waals surface area contributed by atoms with E-state index in [9.17, 15) is 0 Å². The minimum atomic E-state index is 0.477. The number of nitrogens with one attached hydrogen (secondary N) is 1. The molecule has 0 atom stereocenters. The van der Waals surface area contributed by atoms with E-state index in [0.29, 0.717) is 5.82 Å². The lowest BCUT2D eigenvalue weighted by atomic mass is 10.3. The van der Waals surface area contributed by atoms with Gasteiger partial charge in [-0.05, 0) is 31.5 Å².